The summed E-state index contributed by atoms with van der Waals surface area (Å²) in [7, 11) is 0. The number of primary amides is 1. The minimum Gasteiger partial charge on any atom is -0.368 e. The summed E-state index contributed by atoms with van der Waals surface area (Å²) in [6.07, 6.45) is 3.53. The van der Waals surface area contributed by atoms with E-state index in [4.69, 9.17) is 17.3 Å². The molecule has 0 bridgehead atoms. The van der Waals surface area contributed by atoms with Gasteiger partial charge in [-0.15, -0.1) is 0 Å². The minimum atomic E-state index is -0.468. The Bertz CT molecular complexity index is 331. The molecule has 0 aromatic carbocycles. The van der Waals surface area contributed by atoms with E-state index >= 15 is 0 Å². The molecule has 0 saturated heterocycles. The highest BCUT2D eigenvalue weighted by molar-refractivity contribution is 6.31. The fraction of sp³-hybridized carbons (Fsp3) is 0.375. The third-order valence-corrected chi connectivity index (χ3v) is 1.99. The molecule has 0 fully saturated rings. The van der Waals surface area contributed by atoms with E-state index in [0.29, 0.717) is 12.2 Å². The van der Waals surface area contributed by atoms with E-state index < -0.39 is 11.9 Å². The molecule has 0 radical (unpaired) electrons. The van der Waals surface area contributed by atoms with Gasteiger partial charge >= 0.3 is 0 Å². The summed E-state index contributed by atoms with van der Waals surface area (Å²) in [6, 6.07) is -0.468. The molecule has 5 nitrogen and oxygen atoms in total. The number of aromatic nitrogens is 2. The maximum absolute atomic E-state index is 10.9. The summed E-state index contributed by atoms with van der Waals surface area (Å²) in [5.41, 5.74) is 5.15. The van der Waals surface area contributed by atoms with Gasteiger partial charge in [-0.25, -0.2) is 9.97 Å². The Morgan fingerprint density at radius 3 is 2.79 bits per heavy atom. The van der Waals surface area contributed by atoms with Crippen LogP contribution in [0.1, 0.15) is 13.3 Å². The molecule has 1 aromatic heterocycles. The summed E-state index contributed by atoms with van der Waals surface area (Å²) in [5.74, 6) is -0.0611. The number of amides is 1. The smallest absolute Gasteiger partial charge is 0.239 e. The maximum Gasteiger partial charge on any atom is 0.239 e. The third kappa shape index (κ3) is 2.56. The van der Waals surface area contributed by atoms with Crippen LogP contribution < -0.4 is 11.1 Å². The number of hydrogen-bond acceptors (Lipinski definition) is 4. The zero-order valence-electron chi connectivity index (χ0n) is 7.70. The monoisotopic (exact) mass is 214 g/mol. The lowest BCUT2D eigenvalue weighted by atomic mass is 10.2. The SMILES string of the molecule is CCC(Nc1nccnc1Cl)C(N)=O. The van der Waals surface area contributed by atoms with Gasteiger partial charge in [0.15, 0.2) is 11.0 Å². The summed E-state index contributed by atoms with van der Waals surface area (Å²) < 4.78 is 0. The normalized spacial score (nSPS) is 12.1. The van der Waals surface area contributed by atoms with Gasteiger partial charge in [-0.3, -0.25) is 4.79 Å². The van der Waals surface area contributed by atoms with Crippen LogP contribution in [-0.2, 0) is 4.79 Å². The molecule has 6 heteroatoms. The van der Waals surface area contributed by atoms with Crippen molar-refractivity contribution in [2.45, 2.75) is 19.4 Å². The largest absolute Gasteiger partial charge is 0.368 e. The fourth-order valence-electron chi connectivity index (χ4n) is 0.957. The van der Waals surface area contributed by atoms with Crippen LogP contribution in [-0.4, -0.2) is 21.9 Å². The van der Waals surface area contributed by atoms with E-state index in [1.54, 1.807) is 0 Å². The van der Waals surface area contributed by atoms with E-state index in [2.05, 4.69) is 15.3 Å². The van der Waals surface area contributed by atoms with E-state index in [-0.39, 0.29) is 5.15 Å². The predicted molar refractivity (Wildman–Crippen MR) is 53.9 cm³/mol. The highest BCUT2D eigenvalue weighted by atomic mass is 35.5. The van der Waals surface area contributed by atoms with Crippen LogP contribution in [0.3, 0.4) is 0 Å². The molecule has 0 spiro atoms. The molecule has 1 heterocycles. The fourth-order valence-corrected chi connectivity index (χ4v) is 1.12. The Balaban J connectivity index is 2.77. The van der Waals surface area contributed by atoms with E-state index in [1.165, 1.54) is 12.4 Å². The van der Waals surface area contributed by atoms with Crippen molar-refractivity contribution in [1.29, 1.82) is 0 Å². The molecule has 0 aliphatic carbocycles. The van der Waals surface area contributed by atoms with E-state index in [1.807, 2.05) is 6.92 Å². The minimum absolute atomic E-state index is 0.229. The van der Waals surface area contributed by atoms with Gasteiger partial charge < -0.3 is 11.1 Å². The summed E-state index contributed by atoms with van der Waals surface area (Å²) >= 11 is 5.74. The first-order chi connectivity index (χ1) is 6.65. The van der Waals surface area contributed by atoms with Crippen LogP contribution in [0.4, 0.5) is 5.82 Å². The lowest BCUT2D eigenvalue weighted by Gasteiger charge is -2.13. The lowest BCUT2D eigenvalue weighted by Crippen LogP contribution is -2.35. The van der Waals surface area contributed by atoms with Crippen molar-refractivity contribution in [2.24, 2.45) is 5.73 Å². The molecule has 76 valence electrons. The number of halogens is 1. The van der Waals surface area contributed by atoms with Crippen molar-refractivity contribution in [3.8, 4) is 0 Å². The van der Waals surface area contributed by atoms with Gasteiger partial charge in [0.1, 0.15) is 6.04 Å². The first-order valence-corrected chi connectivity index (χ1v) is 4.55. The highest BCUT2D eigenvalue weighted by Crippen LogP contribution is 2.15. The van der Waals surface area contributed by atoms with Crippen molar-refractivity contribution >= 4 is 23.3 Å². The summed E-state index contributed by atoms with van der Waals surface area (Å²) in [6.45, 7) is 1.84. The van der Waals surface area contributed by atoms with Gasteiger partial charge in [0.2, 0.25) is 5.91 Å². The zero-order valence-corrected chi connectivity index (χ0v) is 8.45. The molecule has 1 atom stereocenters. The molecular weight excluding hydrogens is 204 g/mol. The Labute approximate surface area is 86.7 Å². The number of hydrogen-bond donors (Lipinski definition) is 2. The summed E-state index contributed by atoms with van der Waals surface area (Å²) in [4.78, 5) is 18.7. The van der Waals surface area contributed by atoms with Crippen LogP contribution in [0.5, 0.6) is 0 Å². The Kier molecular flexibility index (Phi) is 3.64. The number of rotatable bonds is 4. The second-order valence-corrected chi connectivity index (χ2v) is 3.06. The van der Waals surface area contributed by atoms with Gasteiger partial charge in [0.25, 0.3) is 0 Å². The predicted octanol–water partition coefficient (Wildman–Crippen LogP) is 0.806. The number of carbonyl (C=O) groups excluding carboxylic acids is 1. The molecule has 1 amide bonds. The number of nitrogens with one attached hydrogen (secondary N) is 1. The maximum atomic E-state index is 10.9. The Morgan fingerprint density at radius 1 is 1.64 bits per heavy atom. The molecule has 3 N–H and O–H groups in total. The Morgan fingerprint density at radius 2 is 2.29 bits per heavy atom. The highest BCUT2D eigenvalue weighted by Gasteiger charge is 2.14. The van der Waals surface area contributed by atoms with Crippen LogP contribution in [0.15, 0.2) is 12.4 Å². The molecule has 1 aromatic rings. The number of nitrogens with two attached hydrogens (primary N) is 1. The lowest BCUT2D eigenvalue weighted by molar-refractivity contribution is -0.118. The standard InChI is InChI=1S/C8H11ClN4O/c1-2-5(7(10)14)13-8-6(9)11-3-4-12-8/h3-5H,2H2,1H3,(H2,10,14)(H,12,13). The average Bonchev–Trinajstić information content (AvgIpc) is 2.16. The molecular formula is C8H11ClN4O. The van der Waals surface area contributed by atoms with Gasteiger partial charge in [0, 0.05) is 12.4 Å². The molecule has 14 heavy (non-hydrogen) atoms. The molecule has 0 aliphatic rings. The zero-order chi connectivity index (χ0) is 10.6. The second kappa shape index (κ2) is 4.76. The molecule has 0 aliphatic heterocycles. The van der Waals surface area contributed by atoms with Gasteiger partial charge in [-0.05, 0) is 6.42 Å². The number of anilines is 1. The van der Waals surface area contributed by atoms with Crippen LogP contribution >= 0.6 is 11.6 Å². The average molecular weight is 215 g/mol. The number of carbonyl (C=O) groups is 1. The molecule has 1 rings (SSSR count). The van der Waals surface area contributed by atoms with Crippen LogP contribution in [0.2, 0.25) is 5.15 Å². The van der Waals surface area contributed by atoms with Crippen molar-refractivity contribution in [3.63, 3.8) is 0 Å². The molecule has 1 unspecified atom stereocenters. The van der Waals surface area contributed by atoms with Crippen molar-refractivity contribution in [3.05, 3.63) is 17.5 Å². The first kappa shape index (κ1) is 10.7. The Hall–Kier alpha value is -1.36. The van der Waals surface area contributed by atoms with Gasteiger partial charge in [-0.2, -0.15) is 0 Å². The van der Waals surface area contributed by atoms with Gasteiger partial charge in [0.05, 0.1) is 0 Å². The third-order valence-electron chi connectivity index (χ3n) is 1.72. The van der Waals surface area contributed by atoms with Crippen molar-refractivity contribution in [1.82, 2.24) is 9.97 Å². The topological polar surface area (TPSA) is 80.9 Å². The molecule has 0 saturated carbocycles. The first-order valence-electron chi connectivity index (χ1n) is 4.17. The van der Waals surface area contributed by atoms with E-state index in [9.17, 15) is 4.79 Å². The van der Waals surface area contributed by atoms with Crippen molar-refractivity contribution < 1.29 is 4.79 Å². The number of nitrogens with zero attached hydrogens (tertiary/aromatic N) is 2. The van der Waals surface area contributed by atoms with Crippen LogP contribution in [0.25, 0.3) is 0 Å². The van der Waals surface area contributed by atoms with Crippen LogP contribution in [0, 0.1) is 0 Å². The van der Waals surface area contributed by atoms with E-state index in [0.717, 1.165) is 0 Å². The van der Waals surface area contributed by atoms with Gasteiger partial charge in [-0.1, -0.05) is 18.5 Å². The van der Waals surface area contributed by atoms with Crippen molar-refractivity contribution in [2.75, 3.05) is 5.32 Å². The quantitative estimate of drug-likeness (QED) is 0.777. The summed E-state index contributed by atoms with van der Waals surface area (Å²) in [5, 5.41) is 3.05. The second-order valence-electron chi connectivity index (χ2n) is 2.70.